The van der Waals surface area contributed by atoms with E-state index in [4.69, 9.17) is 95.1 Å². The van der Waals surface area contributed by atoms with Gasteiger partial charge in [-0.05, 0) is 142 Å². The van der Waals surface area contributed by atoms with E-state index in [0.29, 0.717) is 131 Å². The first kappa shape index (κ1) is 103. The molecule has 3 amide bonds. The number of hydrogen-bond acceptors (Lipinski definition) is 36. The number of carbonyl (C=O) groups is 4. The molecule has 0 saturated carbocycles. The number of benzene rings is 5. The van der Waals surface area contributed by atoms with Crippen molar-refractivity contribution in [1.29, 1.82) is 0 Å². The Morgan fingerprint density at radius 1 is 0.438 bits per heavy atom. The molecule has 0 radical (unpaired) electrons. The molecule has 0 atom stereocenters. The number of carboxylic acid groups (broad SMARTS) is 1. The highest BCUT2D eigenvalue weighted by Gasteiger charge is 2.22. The number of piperazine rings is 1. The highest BCUT2D eigenvalue weighted by molar-refractivity contribution is 6.59. The minimum Gasteiger partial charge on any atom is -0.483 e. The number of halogens is 1. The van der Waals surface area contributed by atoms with Gasteiger partial charge in [0.25, 0.3) is 6.47 Å². The summed E-state index contributed by atoms with van der Waals surface area (Å²) in [5.74, 6) is 7.61. The van der Waals surface area contributed by atoms with Crippen molar-refractivity contribution in [3.05, 3.63) is 207 Å². The lowest BCUT2D eigenvalue weighted by Crippen LogP contribution is -2.44. The van der Waals surface area contributed by atoms with Crippen molar-refractivity contribution in [3.63, 3.8) is 0 Å². The average Bonchev–Trinajstić information content (AvgIpc) is 0.823. The number of amides is 3. The molecule has 676 valence electrons. The van der Waals surface area contributed by atoms with Gasteiger partial charge in [0.15, 0.2) is 5.15 Å². The molecule has 45 heteroatoms. The van der Waals surface area contributed by atoms with Gasteiger partial charge in [-0.2, -0.15) is 24.9 Å². The lowest BCUT2D eigenvalue weighted by atomic mass is 9.80. The molecule has 0 aliphatic carbocycles. The maximum Gasteiger partial charge on any atom is 0.488 e. The van der Waals surface area contributed by atoms with E-state index in [1.165, 1.54) is 54.9 Å². The van der Waals surface area contributed by atoms with E-state index in [1.807, 2.05) is 58.2 Å². The fraction of sp³-hybridized carbons (Fsp3) is 0.289. The van der Waals surface area contributed by atoms with E-state index >= 15 is 0 Å². The van der Waals surface area contributed by atoms with Crippen molar-refractivity contribution in [1.82, 2.24) is 79.7 Å². The third-order valence-corrected chi connectivity index (χ3v) is 17.5. The molecule has 0 bridgehead atoms. The van der Waals surface area contributed by atoms with Crippen molar-refractivity contribution < 1.29 is 92.9 Å². The number of aromatic nitrogens is 11. The fourth-order valence-corrected chi connectivity index (χ4v) is 10.5. The lowest BCUT2D eigenvalue weighted by Gasteiger charge is -2.33. The van der Waals surface area contributed by atoms with Gasteiger partial charge in [0.1, 0.15) is 63.4 Å². The molecule has 5 aromatic carbocycles. The number of carbonyl (C=O) groups excluding carboxylic acids is 3. The summed E-state index contributed by atoms with van der Waals surface area (Å²) < 4.78 is 33.3. The summed E-state index contributed by atoms with van der Waals surface area (Å²) in [6.07, 6.45) is 14.8. The van der Waals surface area contributed by atoms with E-state index in [0.717, 1.165) is 56.3 Å². The zero-order valence-corrected chi connectivity index (χ0v) is 72.3. The molecule has 40 nitrogen and oxygen atoms in total. The zero-order chi connectivity index (χ0) is 92.2. The van der Waals surface area contributed by atoms with Gasteiger partial charge >= 0.3 is 34.6 Å². The van der Waals surface area contributed by atoms with Gasteiger partial charge < -0.3 is 125 Å². The number of hydrogen-bond donors (Lipinski definition) is 14. The standard InChI is InChI=1S/C25H31N7O2.C18H25BN4O5.C15H19BN4O4.C13H17BN4O3.C10H8BClN2O3.CH2O2.CH4/c1-19(33)31(3)12-11-27-23-17-26-18-25(29-23)34-21-9-7-20(8-10-21)22-5-4-6-24(28-22)32-15-13-30(2)14-16-32;1-18(2,3)28-17(24)23(4)10-9-21-15-11-20-12-16(22-15)27-14-7-5-13(6-8-14)19(25)26;1-11(21)20(2)8-7-18-14-9-17-10-15(19-14)24-13-5-3-12(4-6-13)16(22)23;1-15-6-7-17-12-8-16-9-13(18-12)21-11-4-2-10(3-5-11)14(19)20;12-9-5-13-6-10(14-9)17-8-3-1-7(2-4-8)11(15)16;2-1-3;/h4-10,17-18H,11-16H2,1-3H3,(H,27,29);5-8,11-12,25-26H,9-10H2,1-4H3,(H,21,22);3-6,9-10,22-23H,7-8H2,1-2H3,(H,18,19);2-5,8-9,15,19-20H,6-7H2,1H3,(H,17,18);1-6,15-16H;1H,(H,2,3);1H4. The molecule has 1 fully saturated rings. The summed E-state index contributed by atoms with van der Waals surface area (Å²) in [4.78, 5) is 98.3. The van der Waals surface area contributed by atoms with Gasteiger partial charge in [-0.3, -0.25) is 39.3 Å². The van der Waals surface area contributed by atoms with Crippen LogP contribution in [0.3, 0.4) is 0 Å². The van der Waals surface area contributed by atoms with Gasteiger partial charge in [0.2, 0.25) is 41.2 Å². The lowest BCUT2D eigenvalue weighted by molar-refractivity contribution is -0.128. The summed E-state index contributed by atoms with van der Waals surface area (Å²) in [7, 11) is 3.15. The Kier molecular flexibility index (Phi) is 43.9. The summed E-state index contributed by atoms with van der Waals surface area (Å²) in [6, 6.07) is 39.3. The molecule has 12 rings (SSSR count). The topological polar surface area (TPSA) is 524 Å². The molecule has 1 saturated heterocycles. The highest BCUT2D eigenvalue weighted by atomic mass is 35.5. The molecule has 6 aromatic heterocycles. The molecule has 1 aliphatic heterocycles. The van der Waals surface area contributed by atoms with Crippen LogP contribution >= 0.6 is 11.6 Å². The van der Waals surface area contributed by atoms with E-state index < -0.39 is 40.2 Å². The van der Waals surface area contributed by atoms with Crippen molar-refractivity contribution in [3.8, 4) is 69.4 Å². The molecular weight excluding hydrogens is 1670 g/mol. The van der Waals surface area contributed by atoms with Crippen molar-refractivity contribution in [2.75, 3.05) is 140 Å². The summed E-state index contributed by atoms with van der Waals surface area (Å²) in [6.45, 7) is 17.0. The predicted octanol–water partition coefficient (Wildman–Crippen LogP) is 4.56. The first-order chi connectivity index (χ1) is 60.8. The fourth-order valence-electron chi connectivity index (χ4n) is 10.3. The number of rotatable bonds is 32. The maximum absolute atomic E-state index is 11.9. The number of nitrogens with zero attached hydrogens (tertiary/aromatic N) is 16. The quantitative estimate of drug-likeness (QED) is 0.0156. The normalized spacial score (nSPS) is 11.1. The van der Waals surface area contributed by atoms with Crippen LogP contribution in [-0.2, 0) is 19.1 Å². The van der Waals surface area contributed by atoms with E-state index in [9.17, 15) is 14.4 Å². The van der Waals surface area contributed by atoms with E-state index in [-0.39, 0.29) is 42.6 Å². The number of nitrogens with one attached hydrogen (secondary N) is 5. The Bertz CT molecular complexity index is 5140. The zero-order valence-electron chi connectivity index (χ0n) is 71.6. The number of anilines is 5. The van der Waals surface area contributed by atoms with Crippen LogP contribution < -0.4 is 77.0 Å². The van der Waals surface area contributed by atoms with Crippen molar-refractivity contribution in [2.45, 2.75) is 47.6 Å². The number of ether oxygens (including phenoxy) is 6. The molecule has 7 heterocycles. The Morgan fingerprint density at radius 2 is 0.742 bits per heavy atom. The number of pyridine rings is 1. The van der Waals surface area contributed by atoms with Crippen LogP contribution in [0, 0.1) is 0 Å². The third kappa shape index (κ3) is 38.5. The van der Waals surface area contributed by atoms with Crippen LogP contribution in [0.4, 0.5) is 33.9 Å². The van der Waals surface area contributed by atoms with Gasteiger partial charge in [0.05, 0.1) is 67.7 Å². The van der Waals surface area contributed by atoms with Crippen LogP contribution in [0.25, 0.3) is 11.3 Å². The van der Waals surface area contributed by atoms with Gasteiger partial charge in [-0.15, -0.1) is 0 Å². The van der Waals surface area contributed by atoms with E-state index in [1.54, 1.807) is 154 Å². The van der Waals surface area contributed by atoms with E-state index in [2.05, 4.69) is 105 Å². The second-order valence-corrected chi connectivity index (χ2v) is 28.7. The molecule has 11 aromatic rings. The van der Waals surface area contributed by atoms with Gasteiger partial charge in [-0.1, -0.05) is 73.6 Å². The molecule has 0 spiro atoms. The largest absolute Gasteiger partial charge is 0.488 e. The molecule has 128 heavy (non-hydrogen) atoms. The molecular formula is C83H106B4ClN21O19. The van der Waals surface area contributed by atoms with Crippen LogP contribution in [0.1, 0.15) is 42.0 Å². The third-order valence-electron chi connectivity index (χ3n) is 17.3. The molecule has 14 N–H and O–H groups in total. The van der Waals surface area contributed by atoms with Crippen LogP contribution in [0.2, 0.25) is 5.15 Å². The Balaban J connectivity index is 0.000000248. The smallest absolute Gasteiger partial charge is 0.483 e. The Labute approximate surface area is 748 Å². The predicted molar refractivity (Wildman–Crippen MR) is 489 cm³/mol. The first-order valence-electron chi connectivity index (χ1n) is 39.4. The van der Waals surface area contributed by atoms with Crippen LogP contribution in [0.5, 0.6) is 58.1 Å². The first-order valence-corrected chi connectivity index (χ1v) is 39.8. The Hall–Kier alpha value is -13.5. The monoisotopic (exact) mass is 1780 g/mol. The SMILES string of the molecule is C.CC(=O)N(C)CCNc1cncc(Oc2ccc(-c3cccc(N4CCN(C)CC4)n3)cc2)n1.CC(=O)N(C)CCNc1cncc(Oc2ccc(B(O)O)cc2)n1.CN(CCNc1cncc(Oc2ccc(B(O)O)cc2)n1)C(=O)OC(C)(C)C.CNCCNc1cncc(Oc2ccc(B(O)O)cc2)n1.O=CO.OB(O)c1ccc(Oc2cncc(Cl)n2)cc1. The maximum atomic E-state index is 11.9. The minimum absolute atomic E-state index is 0. The molecule has 0 unspecified atom stereocenters. The Morgan fingerprint density at radius 3 is 1.05 bits per heavy atom. The summed E-state index contributed by atoms with van der Waals surface area (Å²) >= 11 is 5.66. The van der Waals surface area contributed by atoms with Gasteiger partial charge in [0, 0.05) is 119 Å². The van der Waals surface area contributed by atoms with Gasteiger partial charge in [-0.25, -0.2) is 9.78 Å². The molecule has 1 aliphatic rings. The van der Waals surface area contributed by atoms with Crippen molar-refractivity contribution in [2.24, 2.45) is 0 Å². The van der Waals surface area contributed by atoms with Crippen molar-refractivity contribution >= 4 is 115 Å². The number of likely N-dealkylation sites (N-methyl/N-ethyl adjacent to an activating group) is 5. The van der Waals surface area contributed by atoms with Crippen LogP contribution in [0.15, 0.2) is 201 Å². The minimum atomic E-state index is -1.53. The van der Waals surface area contributed by atoms with Crippen LogP contribution in [-0.4, -0.2) is 292 Å². The summed E-state index contributed by atoms with van der Waals surface area (Å²) in [5, 5.41) is 94.8. The highest BCUT2D eigenvalue weighted by Crippen LogP contribution is 2.28. The summed E-state index contributed by atoms with van der Waals surface area (Å²) in [5.41, 5.74) is 2.94. The average molecular weight is 1780 g/mol. The second kappa shape index (κ2) is 54.4. The second-order valence-electron chi connectivity index (χ2n) is 28.3.